The Balaban J connectivity index is 2.51. The molecule has 1 N–H and O–H groups in total. The molecule has 1 aromatic heterocycles. The molecule has 0 bridgehead atoms. The summed E-state index contributed by atoms with van der Waals surface area (Å²) >= 11 is 3.17. The number of hydrogen-bond donors (Lipinski definition) is 1. The van der Waals surface area contributed by atoms with Gasteiger partial charge in [-0.1, -0.05) is 15.9 Å². The maximum Gasteiger partial charge on any atom is 0.242 e. The predicted molar refractivity (Wildman–Crippen MR) is 64.0 cm³/mol. The number of nitrogens with zero attached hydrogens (tertiary/aromatic N) is 1. The molecule has 0 saturated heterocycles. The molecular formula is C9H12BrFN2O3S. The molecule has 0 aliphatic heterocycles. The lowest BCUT2D eigenvalue weighted by Gasteiger charge is -2.06. The maximum atomic E-state index is 12.8. The first-order chi connectivity index (χ1) is 8.06. The highest BCUT2D eigenvalue weighted by Gasteiger charge is 2.14. The number of ether oxygens (including phenoxy) is 1. The van der Waals surface area contributed by atoms with Gasteiger partial charge in [-0.25, -0.2) is 17.5 Å². The van der Waals surface area contributed by atoms with Gasteiger partial charge in [-0.15, -0.1) is 0 Å². The molecule has 1 rings (SSSR count). The number of alkyl halides is 1. The van der Waals surface area contributed by atoms with Crippen LogP contribution in [0.4, 0.5) is 4.39 Å². The van der Waals surface area contributed by atoms with Crippen LogP contribution in [-0.2, 0) is 14.8 Å². The second-order valence-electron chi connectivity index (χ2n) is 3.04. The SMILES string of the molecule is O=S(=O)(NCCOCCBr)c1cncc(F)c1. The zero-order valence-electron chi connectivity index (χ0n) is 8.90. The second-order valence-corrected chi connectivity index (χ2v) is 5.60. The molecule has 1 aromatic rings. The van der Waals surface area contributed by atoms with Crippen LogP contribution in [0.15, 0.2) is 23.4 Å². The van der Waals surface area contributed by atoms with Gasteiger partial charge in [-0.3, -0.25) is 4.98 Å². The van der Waals surface area contributed by atoms with E-state index in [-0.39, 0.29) is 18.0 Å². The van der Waals surface area contributed by atoms with Crippen LogP contribution in [0.5, 0.6) is 0 Å². The fourth-order valence-corrected chi connectivity index (χ4v) is 2.24. The Kier molecular flexibility index (Phi) is 5.96. The van der Waals surface area contributed by atoms with Crippen molar-refractivity contribution in [3.8, 4) is 0 Å². The van der Waals surface area contributed by atoms with Crippen LogP contribution in [0.2, 0.25) is 0 Å². The van der Waals surface area contributed by atoms with Gasteiger partial charge in [0.15, 0.2) is 0 Å². The third-order valence-electron chi connectivity index (χ3n) is 1.75. The van der Waals surface area contributed by atoms with Crippen molar-refractivity contribution in [2.75, 3.05) is 25.1 Å². The molecule has 0 saturated carbocycles. The molecule has 5 nitrogen and oxygen atoms in total. The van der Waals surface area contributed by atoms with Gasteiger partial charge < -0.3 is 4.74 Å². The average molecular weight is 327 g/mol. The van der Waals surface area contributed by atoms with Crippen LogP contribution >= 0.6 is 15.9 Å². The molecule has 0 atom stereocenters. The van der Waals surface area contributed by atoms with E-state index in [4.69, 9.17) is 4.74 Å². The lowest BCUT2D eigenvalue weighted by molar-refractivity contribution is 0.156. The van der Waals surface area contributed by atoms with Crippen LogP contribution < -0.4 is 4.72 Å². The van der Waals surface area contributed by atoms with E-state index in [1.165, 1.54) is 0 Å². The summed E-state index contributed by atoms with van der Waals surface area (Å²) in [6.45, 7) is 0.892. The van der Waals surface area contributed by atoms with Gasteiger partial charge in [-0.05, 0) is 6.07 Å². The predicted octanol–water partition coefficient (Wildman–Crippen LogP) is 0.910. The minimum absolute atomic E-state index is 0.131. The van der Waals surface area contributed by atoms with Gasteiger partial charge >= 0.3 is 0 Å². The summed E-state index contributed by atoms with van der Waals surface area (Å²) in [5.74, 6) is -0.691. The first-order valence-electron chi connectivity index (χ1n) is 4.80. The van der Waals surface area contributed by atoms with E-state index in [1.54, 1.807) is 0 Å². The van der Waals surface area contributed by atoms with Gasteiger partial charge in [0.1, 0.15) is 10.7 Å². The van der Waals surface area contributed by atoms with Crippen molar-refractivity contribution in [2.45, 2.75) is 4.90 Å². The highest BCUT2D eigenvalue weighted by molar-refractivity contribution is 9.09. The summed E-state index contributed by atoms with van der Waals surface area (Å²) in [6.07, 6.45) is 2.03. The molecule has 0 radical (unpaired) electrons. The van der Waals surface area contributed by atoms with Crippen LogP contribution in [0.3, 0.4) is 0 Å². The Labute approximate surface area is 108 Å². The van der Waals surface area contributed by atoms with Gasteiger partial charge in [0.2, 0.25) is 10.0 Å². The minimum atomic E-state index is -3.71. The molecule has 96 valence electrons. The van der Waals surface area contributed by atoms with E-state index < -0.39 is 15.8 Å². The molecule has 0 aliphatic carbocycles. The quantitative estimate of drug-likeness (QED) is 0.597. The van der Waals surface area contributed by atoms with E-state index >= 15 is 0 Å². The number of rotatable bonds is 7. The Morgan fingerprint density at radius 2 is 2.18 bits per heavy atom. The van der Waals surface area contributed by atoms with Crippen molar-refractivity contribution < 1.29 is 17.5 Å². The summed E-state index contributed by atoms with van der Waals surface area (Å²) in [7, 11) is -3.71. The third-order valence-corrected chi connectivity index (χ3v) is 3.50. The molecule has 1 heterocycles. The molecule has 0 amide bonds. The fraction of sp³-hybridized carbons (Fsp3) is 0.444. The maximum absolute atomic E-state index is 12.8. The van der Waals surface area contributed by atoms with E-state index in [2.05, 4.69) is 25.6 Å². The van der Waals surface area contributed by atoms with Gasteiger partial charge in [0.05, 0.1) is 19.4 Å². The fourth-order valence-electron chi connectivity index (χ4n) is 1.03. The molecule has 8 heteroatoms. The van der Waals surface area contributed by atoms with Crippen molar-refractivity contribution in [2.24, 2.45) is 0 Å². The van der Waals surface area contributed by atoms with Crippen molar-refractivity contribution >= 4 is 26.0 Å². The van der Waals surface area contributed by atoms with Crippen LogP contribution in [-0.4, -0.2) is 38.5 Å². The number of sulfonamides is 1. The van der Waals surface area contributed by atoms with E-state index in [9.17, 15) is 12.8 Å². The minimum Gasteiger partial charge on any atom is -0.379 e. The molecule has 0 unspecified atom stereocenters. The lowest BCUT2D eigenvalue weighted by atomic mass is 10.5. The normalized spacial score (nSPS) is 11.6. The van der Waals surface area contributed by atoms with Crippen LogP contribution in [0.25, 0.3) is 0 Å². The Bertz CT molecular complexity index is 455. The zero-order valence-corrected chi connectivity index (χ0v) is 11.3. The van der Waals surface area contributed by atoms with Gasteiger partial charge in [-0.2, -0.15) is 0 Å². The largest absolute Gasteiger partial charge is 0.379 e. The number of aromatic nitrogens is 1. The van der Waals surface area contributed by atoms with Crippen molar-refractivity contribution in [1.29, 1.82) is 0 Å². The molecule has 0 fully saturated rings. The first kappa shape index (κ1) is 14.5. The summed E-state index contributed by atoms with van der Waals surface area (Å²) in [5, 5.41) is 0.688. The van der Waals surface area contributed by atoms with Crippen molar-refractivity contribution in [3.05, 3.63) is 24.3 Å². The van der Waals surface area contributed by atoms with Gasteiger partial charge in [0.25, 0.3) is 0 Å². The second kappa shape index (κ2) is 7.00. The Hall–Kier alpha value is -0.570. The summed E-state index contributed by atoms with van der Waals surface area (Å²) in [6, 6.07) is 0.911. The number of nitrogens with one attached hydrogen (secondary N) is 1. The standard InChI is InChI=1S/C9H12BrFN2O3S/c10-1-3-16-4-2-13-17(14,15)9-5-8(11)6-12-7-9/h5-7,13H,1-4H2. The highest BCUT2D eigenvalue weighted by atomic mass is 79.9. The van der Waals surface area contributed by atoms with E-state index in [0.717, 1.165) is 18.5 Å². The topological polar surface area (TPSA) is 68.3 Å². The van der Waals surface area contributed by atoms with Crippen LogP contribution in [0.1, 0.15) is 0 Å². The average Bonchev–Trinajstić information content (AvgIpc) is 2.29. The van der Waals surface area contributed by atoms with Crippen molar-refractivity contribution in [1.82, 2.24) is 9.71 Å². The molecule has 0 aliphatic rings. The monoisotopic (exact) mass is 326 g/mol. The van der Waals surface area contributed by atoms with Gasteiger partial charge in [0, 0.05) is 18.1 Å². The summed E-state index contributed by atoms with van der Waals surface area (Å²) in [4.78, 5) is 3.28. The lowest BCUT2D eigenvalue weighted by Crippen LogP contribution is -2.27. The Morgan fingerprint density at radius 3 is 2.82 bits per heavy atom. The highest BCUT2D eigenvalue weighted by Crippen LogP contribution is 2.07. The molecule has 17 heavy (non-hydrogen) atoms. The third kappa shape index (κ3) is 5.07. The Morgan fingerprint density at radius 1 is 1.41 bits per heavy atom. The molecule has 0 spiro atoms. The summed E-state index contributed by atoms with van der Waals surface area (Å²) in [5.41, 5.74) is 0. The van der Waals surface area contributed by atoms with Crippen LogP contribution in [0, 0.1) is 5.82 Å². The smallest absolute Gasteiger partial charge is 0.242 e. The first-order valence-corrected chi connectivity index (χ1v) is 7.40. The van der Waals surface area contributed by atoms with E-state index in [1.807, 2.05) is 0 Å². The zero-order chi connectivity index (χ0) is 12.7. The number of hydrogen-bond acceptors (Lipinski definition) is 4. The summed E-state index contributed by atoms with van der Waals surface area (Å²) < 4.78 is 43.4. The number of pyridine rings is 1. The number of halogens is 2. The molecule has 0 aromatic carbocycles. The van der Waals surface area contributed by atoms with E-state index in [0.29, 0.717) is 11.9 Å². The van der Waals surface area contributed by atoms with Crippen molar-refractivity contribution in [3.63, 3.8) is 0 Å². The molecular weight excluding hydrogens is 315 g/mol.